The number of aliphatic hydroxyl groups is 4. The first kappa shape index (κ1) is 52.9. The van der Waals surface area contributed by atoms with E-state index in [-0.39, 0.29) is 43.6 Å². The number of guanidine groups is 1. The Balaban J connectivity index is 0.915. The minimum Gasteiger partial charge on any atom is -0.504 e. The van der Waals surface area contributed by atoms with Gasteiger partial charge < -0.3 is 61.8 Å². The molecule has 12 atom stereocenters. The number of aliphatic imine (C=N–C) groups is 1. The zero-order chi connectivity index (χ0) is 48.2. The van der Waals surface area contributed by atoms with E-state index in [4.69, 9.17) is 20.6 Å². The number of nitrogens with one attached hydrogen (secondary N) is 3. The number of unbranched alkanes of at least 4 members (excludes halogenated alkanes) is 1. The van der Waals surface area contributed by atoms with Crippen LogP contribution in [0.1, 0.15) is 149 Å². The molecule has 2 saturated carbocycles. The monoisotopic (exact) mass is 981 g/mol. The van der Waals surface area contributed by atoms with Crippen molar-refractivity contribution in [2.24, 2.45) is 52.0 Å². The summed E-state index contributed by atoms with van der Waals surface area (Å²) in [7, 11) is 5.63. The first-order valence-electron chi connectivity index (χ1n) is 26.0. The first-order valence-corrected chi connectivity index (χ1v) is 28.5. The number of aliphatic hydroxyl groups excluding tert-OH is 4. The van der Waals surface area contributed by atoms with Crippen LogP contribution in [-0.4, -0.2) is 99.0 Å². The summed E-state index contributed by atoms with van der Waals surface area (Å²) in [6, 6.07) is 10.1. The topological polar surface area (TPSA) is 228 Å². The van der Waals surface area contributed by atoms with Crippen LogP contribution in [0.25, 0.3) is 0 Å². The predicted molar refractivity (Wildman–Crippen MR) is 276 cm³/mol. The molecule has 4 aliphatic rings. The number of rotatable bonds is 21. The highest BCUT2D eigenvalue weighted by molar-refractivity contribution is 8.76. The summed E-state index contributed by atoms with van der Waals surface area (Å²) in [6.45, 7) is 4.67. The number of hydrogen-bond acceptors (Lipinski definition) is 12. The van der Waals surface area contributed by atoms with Crippen molar-refractivity contribution in [2.75, 3.05) is 38.3 Å². The van der Waals surface area contributed by atoms with Crippen LogP contribution >= 0.6 is 21.6 Å². The number of furan rings is 1. The average Bonchev–Trinajstić information content (AvgIpc) is 4.07. The Morgan fingerprint density at radius 3 is 2.60 bits per heavy atom. The van der Waals surface area contributed by atoms with Gasteiger partial charge in [-0.05, 0) is 148 Å². The van der Waals surface area contributed by atoms with Gasteiger partial charge in [0.15, 0.2) is 17.5 Å². The van der Waals surface area contributed by atoms with Crippen LogP contribution in [0.3, 0.4) is 0 Å². The second-order valence-electron chi connectivity index (χ2n) is 20.9. The number of ether oxygens (including phenoxy) is 1. The van der Waals surface area contributed by atoms with Gasteiger partial charge in [0.1, 0.15) is 24.2 Å². The molecule has 12 N–H and O–H groups in total. The van der Waals surface area contributed by atoms with Crippen LogP contribution < -0.4 is 26.8 Å². The number of phenolic OH excluding ortho intramolecular Hbond substituents is 1. The molecule has 0 amide bonds. The Kier molecular flexibility index (Phi) is 20.2. The zero-order valence-electron chi connectivity index (χ0n) is 41.0. The lowest BCUT2D eigenvalue weighted by Gasteiger charge is -2.40. The van der Waals surface area contributed by atoms with Crippen molar-refractivity contribution in [1.82, 2.24) is 15.6 Å². The second-order valence-corrected chi connectivity index (χ2v) is 23.5. The van der Waals surface area contributed by atoms with E-state index < -0.39 is 12.2 Å². The summed E-state index contributed by atoms with van der Waals surface area (Å²) in [4.78, 5) is 7.74. The predicted octanol–water partition coefficient (Wildman–Crippen LogP) is 7.66. The minimum absolute atomic E-state index is 0.0161. The molecule has 0 spiro atoms. The third-order valence-corrected chi connectivity index (χ3v) is 18.7. The number of nitrogens with two attached hydrogens (primary N) is 2. The van der Waals surface area contributed by atoms with E-state index in [1.165, 1.54) is 31.2 Å². The van der Waals surface area contributed by atoms with Crippen LogP contribution in [0.2, 0.25) is 0 Å². The van der Waals surface area contributed by atoms with E-state index in [0.29, 0.717) is 84.8 Å². The second kappa shape index (κ2) is 26.0. The van der Waals surface area contributed by atoms with E-state index in [2.05, 4.69) is 33.6 Å². The van der Waals surface area contributed by atoms with Gasteiger partial charge in [0, 0.05) is 85.5 Å². The third-order valence-electron chi connectivity index (χ3n) is 16.1. The molecule has 3 aromatic rings. The highest BCUT2D eigenvalue weighted by atomic mass is 33.1. The molecule has 380 valence electrons. The van der Waals surface area contributed by atoms with Crippen LogP contribution in [-0.2, 0) is 32.3 Å². The van der Waals surface area contributed by atoms with E-state index in [9.17, 15) is 25.5 Å². The van der Waals surface area contributed by atoms with Gasteiger partial charge in [0.2, 0.25) is 0 Å². The first-order chi connectivity index (χ1) is 32.9. The quantitative estimate of drug-likeness (QED) is 0.0214. The normalized spacial score (nSPS) is 28.2. The Hall–Kier alpha value is -2.89. The summed E-state index contributed by atoms with van der Waals surface area (Å²) in [5, 5.41) is 59.7. The number of benzene rings is 1. The highest BCUT2D eigenvalue weighted by Gasteiger charge is 2.42. The number of aromatic amines is 1. The lowest BCUT2D eigenvalue weighted by atomic mass is 9.68. The Labute approximate surface area is 413 Å². The van der Waals surface area contributed by atoms with Gasteiger partial charge >= 0.3 is 0 Å². The Morgan fingerprint density at radius 2 is 1.81 bits per heavy atom. The molecule has 0 unspecified atom stereocenters. The molecular weight excluding hydrogens is 897 g/mol. The molecule has 3 fully saturated rings. The van der Waals surface area contributed by atoms with Crippen LogP contribution in [0.4, 0.5) is 0 Å². The van der Waals surface area contributed by atoms with Crippen molar-refractivity contribution in [3.05, 3.63) is 69.9 Å². The number of hydrogen-bond donors (Lipinski definition) is 10. The fraction of sp³-hybridized carbons (Fsp3) is 0.717. The zero-order valence-corrected chi connectivity index (χ0v) is 42.7. The molecule has 2 bridgehead atoms. The van der Waals surface area contributed by atoms with Crippen LogP contribution in [0, 0.1) is 35.5 Å². The van der Waals surface area contributed by atoms with E-state index in [1.54, 1.807) is 20.0 Å². The lowest BCUT2D eigenvalue weighted by Crippen LogP contribution is -2.45. The molecule has 13 nitrogen and oxygen atoms in total. The molecule has 1 aromatic carbocycles. The Bertz CT molecular complexity index is 2030. The molecule has 68 heavy (non-hydrogen) atoms. The van der Waals surface area contributed by atoms with Gasteiger partial charge in [-0.1, -0.05) is 60.3 Å². The molecule has 1 aliphatic heterocycles. The molecule has 0 radical (unpaired) electrons. The molecule has 7 rings (SSSR count). The van der Waals surface area contributed by atoms with Crippen molar-refractivity contribution in [3.8, 4) is 11.5 Å². The van der Waals surface area contributed by atoms with E-state index in [1.807, 2.05) is 39.8 Å². The van der Waals surface area contributed by atoms with Crippen molar-refractivity contribution >= 4 is 27.5 Å². The van der Waals surface area contributed by atoms with Crippen molar-refractivity contribution in [1.29, 1.82) is 0 Å². The summed E-state index contributed by atoms with van der Waals surface area (Å²) in [5.74, 6) is 8.37. The number of nitrogens with zero attached hydrogens (tertiary/aromatic N) is 1. The van der Waals surface area contributed by atoms with Gasteiger partial charge in [-0.15, -0.1) is 0 Å². The van der Waals surface area contributed by atoms with Crippen LogP contribution in [0.5, 0.6) is 11.5 Å². The fourth-order valence-electron chi connectivity index (χ4n) is 12.2. The molecule has 15 heteroatoms. The van der Waals surface area contributed by atoms with E-state index in [0.717, 1.165) is 104 Å². The smallest absolute Gasteiger partial charge is 0.188 e. The highest BCUT2D eigenvalue weighted by Crippen LogP contribution is 2.50. The number of aromatic hydroxyl groups is 1. The summed E-state index contributed by atoms with van der Waals surface area (Å²) >= 11 is 0. The summed E-state index contributed by atoms with van der Waals surface area (Å²) < 4.78 is 12.5. The van der Waals surface area contributed by atoms with Crippen molar-refractivity contribution in [3.63, 3.8) is 0 Å². The van der Waals surface area contributed by atoms with Gasteiger partial charge in [0.25, 0.3) is 0 Å². The lowest BCUT2D eigenvalue weighted by molar-refractivity contribution is 0.103. The van der Waals surface area contributed by atoms with Crippen molar-refractivity contribution < 1.29 is 34.7 Å². The number of aryl methyl sites for hydroxylation is 4. The SMILES string of the molecule is CN=C(N)N[C@@H]1CSSC[C@H]2C[C@H](CC[C@H]1C)[C@H](CCCCc1oc(CCc3ccc(O)c(OC[C@H](O)c4cc5c([nH]4)CC[C@H]4CCC[C@@H]4[C@H]5[C@H](CCCO)NC[C@H](C)O)c3)cc1CO)C[C@H]2N. The van der Waals surface area contributed by atoms with E-state index >= 15 is 0 Å². The largest absolute Gasteiger partial charge is 0.504 e. The molecular formula is C53H84N6O7S2. The van der Waals surface area contributed by atoms with Crippen LogP contribution in [0.15, 0.2) is 39.7 Å². The summed E-state index contributed by atoms with van der Waals surface area (Å²) in [6.07, 6.45) is 15.8. The molecule has 3 aliphatic carbocycles. The maximum Gasteiger partial charge on any atom is 0.188 e. The number of aromatic nitrogens is 1. The van der Waals surface area contributed by atoms with Crippen molar-refractivity contribution in [2.45, 2.75) is 166 Å². The molecule has 2 aromatic heterocycles. The number of fused-ring (bicyclic) bond motifs is 4. The maximum absolute atomic E-state index is 11.5. The summed E-state index contributed by atoms with van der Waals surface area (Å²) in [5.41, 5.74) is 17.9. The van der Waals surface area contributed by atoms with Gasteiger partial charge in [-0.25, -0.2) is 0 Å². The standard InChI is InChI=1S/C53H84N6O7S2/c1-32-13-16-37-23-39(30-67-68-31-47(32)59-53(55)56-3)43(54)25-36(37)8-4-5-12-50-38(28-61)24-40(66-50)18-14-34-15-20-48(63)51(22-34)65-29-49(64)46-26-42-44(58-46)19-17-35-9-6-10-41(35)52(42)45(11-7-21-60)57-27-33(2)62/h15,20,22,24,26,32-33,35-37,39,41,43,45,47,49,52,57-58,60-64H,4-14,16-19,21,23,25,27-31,54H2,1-3H3,(H3,55,56,59)/t32-,33+,35-,36-,37+,39-,41+,43-,45+,47-,49+,52-/m1/s1. The maximum atomic E-state index is 11.5. The van der Waals surface area contributed by atoms with Gasteiger partial charge in [-0.2, -0.15) is 0 Å². The van der Waals surface area contributed by atoms with Gasteiger partial charge in [-0.3, -0.25) is 4.99 Å². The minimum atomic E-state index is -0.933. The molecule has 3 heterocycles. The fourth-order valence-corrected chi connectivity index (χ4v) is 15.1. The average molecular weight is 981 g/mol. The number of phenols is 1. The molecule has 1 saturated heterocycles. The van der Waals surface area contributed by atoms with Gasteiger partial charge in [0.05, 0.1) is 12.7 Å². The third kappa shape index (κ3) is 14.2. The number of H-pyrrole nitrogens is 1. The Morgan fingerprint density at radius 1 is 0.971 bits per heavy atom.